The molecule has 0 radical (unpaired) electrons. The van der Waals surface area contributed by atoms with E-state index in [-0.39, 0.29) is 5.41 Å². The average Bonchev–Trinajstić information content (AvgIpc) is 3.59. The zero-order valence-corrected chi connectivity index (χ0v) is 26.6. The van der Waals surface area contributed by atoms with Crippen molar-refractivity contribution in [2.24, 2.45) is 0 Å². The van der Waals surface area contributed by atoms with Gasteiger partial charge in [0.1, 0.15) is 0 Å². The molecule has 1 aliphatic carbocycles. The van der Waals surface area contributed by atoms with E-state index in [1.54, 1.807) is 0 Å². The summed E-state index contributed by atoms with van der Waals surface area (Å²) in [5, 5.41) is 2.48. The molecule has 8 aromatic rings. The van der Waals surface area contributed by atoms with Gasteiger partial charge in [0.15, 0.2) is 0 Å². The maximum atomic E-state index is 2.46. The van der Waals surface area contributed by atoms with Crippen LogP contribution in [0, 0.1) is 0 Å². The molecule has 0 atom stereocenters. The molecule has 0 saturated heterocycles. The number of benzene rings is 7. The Bertz CT molecular complexity index is 2420. The van der Waals surface area contributed by atoms with E-state index in [4.69, 9.17) is 0 Å². The highest BCUT2D eigenvalue weighted by Gasteiger charge is 2.36. The summed E-state index contributed by atoms with van der Waals surface area (Å²) in [5.74, 6) is 0. The van der Waals surface area contributed by atoms with Gasteiger partial charge in [-0.15, -0.1) is 0 Å². The largest absolute Gasteiger partial charge is 0.310 e. The maximum Gasteiger partial charge on any atom is 0.0562 e. The number of rotatable bonds is 5. The number of nitrogens with zero attached hydrogens (tertiary/aromatic N) is 2. The minimum atomic E-state index is -0.0971. The van der Waals surface area contributed by atoms with Crippen LogP contribution in [-0.2, 0) is 5.41 Å². The van der Waals surface area contributed by atoms with E-state index in [2.05, 4.69) is 193 Å². The second-order valence-electron chi connectivity index (χ2n) is 13.0. The van der Waals surface area contributed by atoms with Gasteiger partial charge in [0, 0.05) is 33.2 Å². The lowest BCUT2D eigenvalue weighted by atomic mass is 9.82. The van der Waals surface area contributed by atoms with Crippen LogP contribution in [0.4, 0.5) is 17.1 Å². The lowest BCUT2D eigenvalue weighted by Crippen LogP contribution is -2.16. The zero-order valence-electron chi connectivity index (χ0n) is 26.6. The van der Waals surface area contributed by atoms with E-state index in [9.17, 15) is 0 Å². The number of aromatic nitrogens is 1. The van der Waals surface area contributed by atoms with Crippen LogP contribution < -0.4 is 4.90 Å². The molecule has 2 heteroatoms. The molecule has 0 saturated carbocycles. The molecule has 47 heavy (non-hydrogen) atoms. The molecule has 0 bridgehead atoms. The molecule has 0 spiro atoms. The lowest BCUT2D eigenvalue weighted by molar-refractivity contribution is 0.660. The summed E-state index contributed by atoms with van der Waals surface area (Å²) < 4.78 is 2.40. The third-order valence-electron chi connectivity index (χ3n) is 9.99. The molecule has 0 amide bonds. The van der Waals surface area contributed by atoms with Crippen molar-refractivity contribution in [1.29, 1.82) is 0 Å². The summed E-state index contributed by atoms with van der Waals surface area (Å²) in [6.45, 7) is 4.71. The number of anilines is 3. The minimum absolute atomic E-state index is 0.0971. The first-order chi connectivity index (χ1) is 23.1. The average molecular weight is 603 g/mol. The van der Waals surface area contributed by atoms with Crippen LogP contribution >= 0.6 is 0 Å². The third kappa shape index (κ3) is 4.26. The highest BCUT2D eigenvalue weighted by atomic mass is 15.1. The Kier molecular flexibility index (Phi) is 6.20. The molecular weight excluding hydrogens is 569 g/mol. The Morgan fingerprint density at radius 1 is 0.468 bits per heavy atom. The van der Waals surface area contributed by atoms with E-state index >= 15 is 0 Å². The lowest BCUT2D eigenvalue weighted by Gasteiger charge is -2.29. The van der Waals surface area contributed by atoms with Gasteiger partial charge in [-0.1, -0.05) is 129 Å². The van der Waals surface area contributed by atoms with E-state index in [0.717, 1.165) is 22.7 Å². The Labute approximate surface area is 275 Å². The van der Waals surface area contributed by atoms with Crippen LogP contribution in [-0.4, -0.2) is 4.57 Å². The quantitative estimate of drug-likeness (QED) is 0.190. The van der Waals surface area contributed by atoms with Crippen molar-refractivity contribution >= 4 is 38.9 Å². The summed E-state index contributed by atoms with van der Waals surface area (Å²) in [6, 6.07) is 61.8. The molecule has 0 N–H and O–H groups in total. The fourth-order valence-electron chi connectivity index (χ4n) is 7.73. The number of fused-ring (bicyclic) bond motifs is 6. The van der Waals surface area contributed by atoms with Gasteiger partial charge in [-0.3, -0.25) is 0 Å². The van der Waals surface area contributed by atoms with Crippen LogP contribution in [0.15, 0.2) is 170 Å². The van der Waals surface area contributed by atoms with Crippen molar-refractivity contribution in [3.63, 3.8) is 0 Å². The van der Waals surface area contributed by atoms with E-state index in [1.165, 1.54) is 55.2 Å². The van der Waals surface area contributed by atoms with Gasteiger partial charge < -0.3 is 9.47 Å². The van der Waals surface area contributed by atoms with Crippen molar-refractivity contribution in [3.05, 3.63) is 181 Å². The van der Waals surface area contributed by atoms with Gasteiger partial charge in [0.25, 0.3) is 0 Å². The first-order valence-corrected chi connectivity index (χ1v) is 16.4. The van der Waals surface area contributed by atoms with Crippen LogP contribution in [0.25, 0.3) is 49.7 Å². The van der Waals surface area contributed by atoms with Crippen LogP contribution in [0.5, 0.6) is 0 Å². The fourth-order valence-corrected chi connectivity index (χ4v) is 7.73. The first kappa shape index (κ1) is 27.5. The summed E-state index contributed by atoms with van der Waals surface area (Å²) in [4.78, 5) is 2.46. The maximum absolute atomic E-state index is 2.46. The van der Waals surface area contributed by atoms with Gasteiger partial charge in [-0.2, -0.15) is 0 Å². The summed E-state index contributed by atoms with van der Waals surface area (Å²) in [7, 11) is 0. The number of hydrogen-bond donors (Lipinski definition) is 0. The molecule has 9 rings (SSSR count). The molecule has 2 nitrogen and oxygen atoms in total. The molecule has 1 aromatic heterocycles. The predicted octanol–water partition coefficient (Wildman–Crippen LogP) is 12.2. The molecule has 7 aromatic carbocycles. The molecule has 0 fully saturated rings. The molecule has 1 heterocycles. The summed E-state index contributed by atoms with van der Waals surface area (Å²) >= 11 is 0. The van der Waals surface area contributed by atoms with E-state index < -0.39 is 0 Å². The van der Waals surface area contributed by atoms with Gasteiger partial charge in [0.2, 0.25) is 0 Å². The molecule has 224 valence electrons. The van der Waals surface area contributed by atoms with Gasteiger partial charge in [-0.25, -0.2) is 0 Å². The predicted molar refractivity (Wildman–Crippen MR) is 198 cm³/mol. The van der Waals surface area contributed by atoms with Crippen molar-refractivity contribution in [1.82, 2.24) is 4.57 Å². The highest BCUT2D eigenvalue weighted by Crippen LogP contribution is 2.51. The van der Waals surface area contributed by atoms with Crippen molar-refractivity contribution in [2.75, 3.05) is 4.90 Å². The van der Waals surface area contributed by atoms with E-state index in [0.29, 0.717) is 0 Å². The van der Waals surface area contributed by atoms with Crippen LogP contribution in [0.1, 0.15) is 25.0 Å². The van der Waals surface area contributed by atoms with Crippen LogP contribution in [0.2, 0.25) is 0 Å². The Balaban J connectivity index is 1.30. The van der Waals surface area contributed by atoms with Crippen molar-refractivity contribution in [2.45, 2.75) is 19.3 Å². The normalized spacial score (nSPS) is 13.1. The summed E-state index contributed by atoms with van der Waals surface area (Å²) in [5.41, 5.74) is 14.7. The van der Waals surface area contributed by atoms with Crippen molar-refractivity contribution in [3.8, 4) is 27.9 Å². The standard InChI is InChI=1S/C45H34N2/c1-45(2)39-20-11-9-18-36(39)37-29-28-35(30-40(37)45)46(34-26-24-32(25-27-34)31-14-5-3-6-15-31)42-22-13-23-43-44(42)38-19-10-12-21-41(38)47(43)33-16-7-4-8-17-33/h3-30H,1-2H3. The molecule has 0 unspecified atom stereocenters. The smallest absolute Gasteiger partial charge is 0.0562 e. The molecular formula is C45H34N2. The zero-order chi connectivity index (χ0) is 31.5. The monoisotopic (exact) mass is 602 g/mol. The SMILES string of the molecule is CC1(C)c2ccccc2-c2ccc(N(c3ccc(-c4ccccc4)cc3)c3cccc4c3c3ccccc3n4-c3ccccc3)cc21. The van der Waals surface area contributed by atoms with Crippen molar-refractivity contribution < 1.29 is 0 Å². The second kappa shape index (κ2) is 10.6. The third-order valence-corrected chi connectivity index (χ3v) is 9.99. The highest BCUT2D eigenvalue weighted by molar-refractivity contribution is 6.16. The number of hydrogen-bond acceptors (Lipinski definition) is 1. The molecule has 1 aliphatic rings. The minimum Gasteiger partial charge on any atom is -0.310 e. The summed E-state index contributed by atoms with van der Waals surface area (Å²) in [6.07, 6.45) is 0. The Morgan fingerprint density at radius 2 is 1.09 bits per heavy atom. The number of para-hydroxylation sites is 2. The van der Waals surface area contributed by atoms with Crippen LogP contribution in [0.3, 0.4) is 0 Å². The molecule has 0 aliphatic heterocycles. The second-order valence-corrected chi connectivity index (χ2v) is 13.0. The van der Waals surface area contributed by atoms with E-state index in [1.807, 2.05) is 0 Å². The van der Waals surface area contributed by atoms with Gasteiger partial charge in [-0.05, 0) is 88.0 Å². The Morgan fingerprint density at radius 3 is 1.89 bits per heavy atom. The van der Waals surface area contributed by atoms with Gasteiger partial charge in [0.05, 0.1) is 16.7 Å². The topological polar surface area (TPSA) is 8.17 Å². The fraction of sp³-hybridized carbons (Fsp3) is 0.0667. The Hall–Kier alpha value is -5.86. The first-order valence-electron chi connectivity index (χ1n) is 16.4. The van der Waals surface area contributed by atoms with Gasteiger partial charge >= 0.3 is 0 Å².